The Morgan fingerprint density at radius 3 is 2.54 bits per heavy atom. The number of carbonyl (C=O) groups excluding carboxylic acids is 1. The van der Waals surface area contributed by atoms with E-state index >= 15 is 0 Å². The van der Waals surface area contributed by atoms with Crippen LogP contribution in [0.15, 0.2) is 48.5 Å². The molecule has 0 bridgehead atoms. The van der Waals surface area contributed by atoms with E-state index in [0.29, 0.717) is 29.2 Å². The molecule has 4 nitrogen and oxygen atoms in total. The zero-order chi connectivity index (χ0) is 18.7. The highest BCUT2D eigenvalue weighted by atomic mass is 19.4. The number of ether oxygens (including phenoxy) is 1. The lowest BCUT2D eigenvalue weighted by atomic mass is 10.0. The molecule has 0 unspecified atom stereocenters. The van der Waals surface area contributed by atoms with Crippen molar-refractivity contribution in [2.45, 2.75) is 13.1 Å². The second kappa shape index (κ2) is 7.11. The molecule has 0 radical (unpaired) electrons. The summed E-state index contributed by atoms with van der Waals surface area (Å²) < 4.78 is 42.7. The van der Waals surface area contributed by atoms with Crippen LogP contribution in [0.1, 0.15) is 22.8 Å². The Morgan fingerprint density at radius 2 is 1.85 bits per heavy atom. The van der Waals surface area contributed by atoms with Crippen molar-refractivity contribution in [1.29, 1.82) is 0 Å². The number of hydrogen-bond acceptors (Lipinski definition) is 3. The van der Waals surface area contributed by atoms with Crippen LogP contribution in [0, 0.1) is 0 Å². The zero-order valence-electron chi connectivity index (χ0n) is 14.0. The Balaban J connectivity index is 1.71. The molecule has 136 valence electrons. The van der Waals surface area contributed by atoms with E-state index in [1.54, 1.807) is 12.1 Å². The van der Waals surface area contributed by atoms with Gasteiger partial charge >= 0.3 is 6.18 Å². The Morgan fingerprint density at radius 1 is 1.15 bits per heavy atom. The molecule has 0 atom stereocenters. The van der Waals surface area contributed by atoms with Crippen molar-refractivity contribution in [1.82, 2.24) is 0 Å². The molecule has 2 aromatic rings. The van der Waals surface area contributed by atoms with Crippen LogP contribution in [-0.2, 0) is 0 Å². The minimum atomic E-state index is -4.37. The van der Waals surface area contributed by atoms with Gasteiger partial charge in [-0.2, -0.15) is 13.2 Å². The van der Waals surface area contributed by atoms with E-state index in [0.717, 1.165) is 12.2 Å². The first kappa shape index (κ1) is 17.8. The van der Waals surface area contributed by atoms with Gasteiger partial charge in [-0.25, -0.2) is 0 Å². The van der Waals surface area contributed by atoms with E-state index in [2.05, 4.69) is 10.6 Å². The average Bonchev–Trinajstić information content (AvgIpc) is 2.60. The number of rotatable bonds is 3. The molecule has 3 rings (SSSR count). The summed E-state index contributed by atoms with van der Waals surface area (Å²) >= 11 is 0. The van der Waals surface area contributed by atoms with Crippen LogP contribution >= 0.6 is 0 Å². The SMILES string of the molecule is C/C(=C/C(F)(F)F)c1ccc(C(=O)Nc2ccc3c(c2)OCCN3)cc1. The highest BCUT2D eigenvalue weighted by molar-refractivity contribution is 6.04. The number of nitrogens with one attached hydrogen (secondary N) is 2. The molecule has 1 aliphatic rings. The fourth-order valence-corrected chi connectivity index (χ4v) is 2.63. The standard InChI is InChI=1S/C19H17F3N2O2/c1-12(11-19(20,21)22)13-2-4-14(5-3-13)18(25)24-15-6-7-16-17(10-15)26-9-8-23-16/h2-7,10-11,23H,8-9H2,1H3,(H,24,25)/b12-11-. The van der Waals surface area contributed by atoms with Crippen molar-refractivity contribution >= 4 is 22.9 Å². The molecule has 2 aromatic carbocycles. The zero-order valence-corrected chi connectivity index (χ0v) is 14.0. The first-order valence-corrected chi connectivity index (χ1v) is 8.00. The second-order valence-corrected chi connectivity index (χ2v) is 5.89. The molecule has 0 spiro atoms. The third-order valence-corrected chi connectivity index (χ3v) is 3.90. The van der Waals surface area contributed by atoms with Crippen LogP contribution in [0.2, 0.25) is 0 Å². The van der Waals surface area contributed by atoms with Crippen LogP contribution < -0.4 is 15.4 Å². The first-order valence-electron chi connectivity index (χ1n) is 8.00. The van der Waals surface area contributed by atoms with Gasteiger partial charge in [0.2, 0.25) is 0 Å². The Bertz CT molecular complexity index is 843. The topological polar surface area (TPSA) is 50.4 Å². The smallest absolute Gasteiger partial charge is 0.410 e. The maximum absolute atomic E-state index is 12.4. The summed E-state index contributed by atoms with van der Waals surface area (Å²) in [4.78, 5) is 12.3. The van der Waals surface area contributed by atoms with E-state index < -0.39 is 6.18 Å². The van der Waals surface area contributed by atoms with Crippen molar-refractivity contribution in [2.24, 2.45) is 0 Å². The van der Waals surface area contributed by atoms with Crippen molar-refractivity contribution in [2.75, 3.05) is 23.8 Å². The minimum absolute atomic E-state index is 0.0868. The van der Waals surface area contributed by atoms with E-state index in [-0.39, 0.29) is 17.6 Å². The maximum atomic E-state index is 12.4. The minimum Gasteiger partial charge on any atom is -0.490 e. The van der Waals surface area contributed by atoms with Crippen molar-refractivity contribution in [3.05, 3.63) is 59.7 Å². The van der Waals surface area contributed by atoms with Gasteiger partial charge in [0.25, 0.3) is 5.91 Å². The quantitative estimate of drug-likeness (QED) is 0.831. The van der Waals surface area contributed by atoms with Crippen LogP contribution in [0.3, 0.4) is 0 Å². The van der Waals surface area contributed by atoms with Crippen LogP contribution in [0.5, 0.6) is 5.75 Å². The summed E-state index contributed by atoms with van der Waals surface area (Å²) in [5.41, 5.74) is 2.29. The van der Waals surface area contributed by atoms with Gasteiger partial charge in [-0.1, -0.05) is 12.1 Å². The van der Waals surface area contributed by atoms with Gasteiger partial charge in [0.05, 0.1) is 5.69 Å². The number of benzene rings is 2. The van der Waals surface area contributed by atoms with Crippen LogP contribution in [0.25, 0.3) is 5.57 Å². The molecule has 0 aliphatic carbocycles. The van der Waals surface area contributed by atoms with Crippen molar-refractivity contribution in [3.63, 3.8) is 0 Å². The molecule has 0 aromatic heterocycles. The van der Waals surface area contributed by atoms with E-state index in [1.807, 2.05) is 6.07 Å². The number of carbonyl (C=O) groups is 1. The number of allylic oxidation sites excluding steroid dienone is 2. The number of alkyl halides is 3. The summed E-state index contributed by atoms with van der Waals surface area (Å²) in [6, 6.07) is 11.3. The van der Waals surface area contributed by atoms with E-state index in [1.165, 1.54) is 31.2 Å². The molecule has 1 aliphatic heterocycles. The highest BCUT2D eigenvalue weighted by Gasteiger charge is 2.23. The summed E-state index contributed by atoms with van der Waals surface area (Å²) in [5.74, 6) is 0.315. The normalized spacial score (nSPS) is 14.1. The molecular weight excluding hydrogens is 345 g/mol. The largest absolute Gasteiger partial charge is 0.490 e. The highest BCUT2D eigenvalue weighted by Crippen LogP contribution is 2.30. The summed E-state index contributed by atoms with van der Waals surface area (Å²) in [5, 5.41) is 5.94. The maximum Gasteiger partial charge on any atom is 0.410 e. The van der Waals surface area contributed by atoms with Gasteiger partial charge < -0.3 is 15.4 Å². The van der Waals surface area contributed by atoms with Gasteiger partial charge in [0.1, 0.15) is 12.4 Å². The lowest BCUT2D eigenvalue weighted by Gasteiger charge is -2.19. The monoisotopic (exact) mass is 362 g/mol. The van der Waals surface area contributed by atoms with E-state index in [9.17, 15) is 18.0 Å². The summed E-state index contributed by atoms with van der Waals surface area (Å²) in [7, 11) is 0. The van der Waals surface area contributed by atoms with Gasteiger partial charge in [-0.15, -0.1) is 0 Å². The molecule has 0 fully saturated rings. The molecule has 7 heteroatoms. The summed E-state index contributed by atoms with van der Waals surface area (Å²) in [6.45, 7) is 2.66. The van der Waals surface area contributed by atoms with E-state index in [4.69, 9.17) is 4.74 Å². The predicted molar refractivity (Wildman–Crippen MR) is 94.5 cm³/mol. The van der Waals surface area contributed by atoms with Crippen LogP contribution in [-0.4, -0.2) is 25.2 Å². The predicted octanol–water partition coefficient (Wildman–Crippen LogP) is 4.71. The Hall–Kier alpha value is -2.96. The lowest BCUT2D eigenvalue weighted by Crippen LogP contribution is -2.18. The molecule has 0 saturated heterocycles. The summed E-state index contributed by atoms with van der Waals surface area (Å²) in [6.07, 6.45) is -4.13. The Labute approximate surface area is 148 Å². The molecule has 0 saturated carbocycles. The number of amides is 1. The number of hydrogen-bond donors (Lipinski definition) is 2. The second-order valence-electron chi connectivity index (χ2n) is 5.89. The average molecular weight is 362 g/mol. The first-order chi connectivity index (χ1) is 12.3. The number of anilines is 2. The number of fused-ring (bicyclic) bond motifs is 1. The van der Waals surface area contributed by atoms with Crippen molar-refractivity contribution < 1.29 is 22.7 Å². The van der Waals surface area contributed by atoms with Crippen molar-refractivity contribution in [3.8, 4) is 5.75 Å². The Kier molecular flexibility index (Phi) is 4.88. The molecule has 2 N–H and O–H groups in total. The molecule has 26 heavy (non-hydrogen) atoms. The fourth-order valence-electron chi connectivity index (χ4n) is 2.63. The molecular formula is C19H17F3N2O2. The molecule has 1 heterocycles. The van der Waals surface area contributed by atoms with Crippen LogP contribution in [0.4, 0.5) is 24.5 Å². The number of halogens is 3. The fraction of sp³-hybridized carbons (Fsp3) is 0.211. The van der Waals surface area contributed by atoms with Gasteiger partial charge in [0, 0.05) is 29.9 Å². The lowest BCUT2D eigenvalue weighted by molar-refractivity contribution is -0.0793. The third kappa shape index (κ3) is 4.36. The molecule has 1 amide bonds. The van der Waals surface area contributed by atoms with Gasteiger partial charge in [-0.3, -0.25) is 4.79 Å². The van der Waals surface area contributed by atoms with Gasteiger partial charge in [-0.05, 0) is 42.3 Å². The van der Waals surface area contributed by atoms with Gasteiger partial charge in [0.15, 0.2) is 0 Å². The third-order valence-electron chi connectivity index (χ3n) is 3.90.